The first-order chi connectivity index (χ1) is 17.4. The third-order valence-electron chi connectivity index (χ3n) is 6.24. The smallest absolute Gasteiger partial charge is 0.341 e. The Bertz CT molecular complexity index is 1220. The molecule has 10 heteroatoms. The van der Waals surface area contributed by atoms with E-state index in [4.69, 9.17) is 9.47 Å². The van der Waals surface area contributed by atoms with Crippen molar-refractivity contribution in [1.29, 1.82) is 0 Å². The normalized spacial score (nSPS) is 13.2. The van der Waals surface area contributed by atoms with Crippen LogP contribution >= 0.6 is 23.1 Å². The molecule has 0 atom stereocenters. The van der Waals surface area contributed by atoms with Crippen LogP contribution in [-0.4, -0.2) is 39.5 Å². The third-order valence-corrected chi connectivity index (χ3v) is 8.46. The molecule has 0 fully saturated rings. The van der Waals surface area contributed by atoms with Crippen LogP contribution in [-0.2, 0) is 36.0 Å². The number of nitrogens with zero attached hydrogens (tertiary/aromatic N) is 3. The number of aryl methyl sites for hydroxylation is 1. The number of rotatable bonds is 9. The topological polar surface area (TPSA) is 95.3 Å². The number of thioether (sulfide) groups is 1. The lowest BCUT2D eigenvalue weighted by Gasteiger charge is -2.09. The maximum atomic E-state index is 12.8. The summed E-state index contributed by atoms with van der Waals surface area (Å²) in [5.41, 5.74) is 2.80. The number of aromatic nitrogens is 3. The molecule has 1 amide bonds. The van der Waals surface area contributed by atoms with E-state index in [-0.39, 0.29) is 18.3 Å². The Kier molecular flexibility index (Phi) is 8.68. The second-order valence-corrected chi connectivity index (χ2v) is 11.1. The molecule has 192 valence electrons. The van der Waals surface area contributed by atoms with E-state index in [1.165, 1.54) is 40.6 Å². The van der Waals surface area contributed by atoms with Gasteiger partial charge in [0.15, 0.2) is 11.0 Å². The van der Waals surface area contributed by atoms with Crippen LogP contribution in [0.25, 0.3) is 0 Å². The Balaban J connectivity index is 1.35. The lowest BCUT2D eigenvalue weighted by Crippen LogP contribution is -2.16. The molecule has 3 aromatic rings. The van der Waals surface area contributed by atoms with E-state index < -0.39 is 5.97 Å². The predicted octanol–water partition coefficient (Wildman–Crippen LogP) is 5.37. The van der Waals surface area contributed by atoms with E-state index in [1.54, 1.807) is 0 Å². The van der Waals surface area contributed by atoms with Crippen molar-refractivity contribution >= 4 is 40.0 Å². The summed E-state index contributed by atoms with van der Waals surface area (Å²) in [5.74, 6) is 1.46. The number of amides is 1. The van der Waals surface area contributed by atoms with Gasteiger partial charge in [-0.05, 0) is 54.9 Å². The number of thiophene rings is 1. The molecule has 1 aliphatic rings. The van der Waals surface area contributed by atoms with Crippen molar-refractivity contribution in [2.75, 3.05) is 18.2 Å². The van der Waals surface area contributed by atoms with Gasteiger partial charge in [-0.15, -0.1) is 21.5 Å². The Morgan fingerprint density at radius 2 is 1.89 bits per heavy atom. The molecule has 2 heterocycles. The minimum Gasteiger partial charge on any atom is -0.486 e. The first-order valence-electron chi connectivity index (χ1n) is 12.1. The van der Waals surface area contributed by atoms with Crippen LogP contribution < -0.4 is 10.1 Å². The molecule has 0 radical (unpaired) electrons. The van der Waals surface area contributed by atoms with Crippen LogP contribution in [0.3, 0.4) is 0 Å². The molecule has 0 aliphatic heterocycles. The summed E-state index contributed by atoms with van der Waals surface area (Å²) < 4.78 is 12.7. The molecule has 0 spiro atoms. The van der Waals surface area contributed by atoms with E-state index in [0.717, 1.165) is 43.4 Å². The molecular weight excluding hydrogens is 496 g/mol. The number of hydrogen-bond acceptors (Lipinski definition) is 8. The van der Waals surface area contributed by atoms with Crippen LogP contribution in [0.15, 0.2) is 29.4 Å². The first-order valence-corrected chi connectivity index (χ1v) is 13.9. The zero-order valence-corrected chi connectivity index (χ0v) is 22.8. The van der Waals surface area contributed by atoms with Crippen molar-refractivity contribution in [3.8, 4) is 5.75 Å². The SMILES string of the molecule is COC(=O)c1c(NC(=O)CSc2nnc(COc3ccc(C(C)C)cc3)n2C)sc2c1CCCCC2. The summed E-state index contributed by atoms with van der Waals surface area (Å²) in [6.07, 6.45) is 5.06. The Morgan fingerprint density at radius 1 is 1.14 bits per heavy atom. The Morgan fingerprint density at radius 3 is 2.61 bits per heavy atom. The molecule has 0 unspecified atom stereocenters. The number of hydrogen-bond donors (Lipinski definition) is 1. The molecule has 1 aliphatic carbocycles. The summed E-state index contributed by atoms with van der Waals surface area (Å²) in [6.45, 7) is 4.59. The molecular formula is C26H32N4O4S2. The average molecular weight is 529 g/mol. The van der Waals surface area contributed by atoms with Gasteiger partial charge in [0, 0.05) is 11.9 Å². The van der Waals surface area contributed by atoms with Crippen LogP contribution in [0, 0.1) is 0 Å². The predicted molar refractivity (Wildman–Crippen MR) is 142 cm³/mol. The van der Waals surface area contributed by atoms with E-state index in [0.29, 0.717) is 27.5 Å². The number of anilines is 1. The third kappa shape index (κ3) is 6.10. The number of carbonyl (C=O) groups excluding carboxylic acids is 2. The molecule has 0 saturated heterocycles. The number of ether oxygens (including phenoxy) is 2. The molecule has 0 bridgehead atoms. The summed E-state index contributed by atoms with van der Waals surface area (Å²) in [5, 5.41) is 12.6. The number of benzene rings is 1. The summed E-state index contributed by atoms with van der Waals surface area (Å²) in [6, 6.07) is 8.04. The highest BCUT2D eigenvalue weighted by atomic mass is 32.2. The van der Waals surface area contributed by atoms with Gasteiger partial charge >= 0.3 is 5.97 Å². The standard InChI is InChI=1S/C26H32N4O4S2/c1-16(2)17-10-12-18(13-11-17)34-14-21-28-29-26(30(21)3)35-15-22(31)27-24-23(25(32)33-4)19-8-6-5-7-9-20(19)36-24/h10-13,16H,5-9,14-15H2,1-4H3,(H,27,31). The minimum atomic E-state index is -0.394. The maximum absolute atomic E-state index is 12.8. The lowest BCUT2D eigenvalue weighted by molar-refractivity contribution is -0.113. The minimum absolute atomic E-state index is 0.146. The van der Waals surface area contributed by atoms with Crippen molar-refractivity contribution in [2.45, 2.75) is 63.6 Å². The number of fused-ring (bicyclic) bond motifs is 1. The summed E-state index contributed by atoms with van der Waals surface area (Å²) >= 11 is 2.78. The van der Waals surface area contributed by atoms with Crippen LogP contribution in [0.1, 0.15) is 71.2 Å². The molecule has 36 heavy (non-hydrogen) atoms. The second-order valence-electron chi connectivity index (χ2n) is 9.07. The second kappa shape index (κ2) is 11.9. The monoisotopic (exact) mass is 528 g/mol. The maximum Gasteiger partial charge on any atom is 0.341 e. The average Bonchev–Trinajstić information content (AvgIpc) is 3.30. The van der Waals surface area contributed by atoms with Gasteiger partial charge in [-0.2, -0.15) is 0 Å². The largest absolute Gasteiger partial charge is 0.486 e. The molecule has 1 N–H and O–H groups in total. The summed E-state index contributed by atoms with van der Waals surface area (Å²) in [4.78, 5) is 26.4. The van der Waals surface area contributed by atoms with Gasteiger partial charge in [0.1, 0.15) is 17.4 Å². The van der Waals surface area contributed by atoms with Gasteiger partial charge < -0.3 is 19.4 Å². The zero-order chi connectivity index (χ0) is 25.7. The Hall–Kier alpha value is -2.85. The van der Waals surface area contributed by atoms with Gasteiger partial charge in [0.25, 0.3) is 0 Å². The van der Waals surface area contributed by atoms with Crippen LogP contribution in [0.2, 0.25) is 0 Å². The molecule has 1 aromatic carbocycles. The van der Waals surface area contributed by atoms with Crippen molar-refractivity contribution in [2.24, 2.45) is 7.05 Å². The lowest BCUT2D eigenvalue weighted by atomic mass is 10.0. The highest BCUT2D eigenvalue weighted by Gasteiger charge is 2.26. The quantitative estimate of drug-likeness (QED) is 0.227. The van der Waals surface area contributed by atoms with E-state index in [2.05, 4.69) is 41.5 Å². The fourth-order valence-electron chi connectivity index (χ4n) is 4.13. The van der Waals surface area contributed by atoms with E-state index in [1.807, 2.05) is 23.7 Å². The molecule has 8 nitrogen and oxygen atoms in total. The highest BCUT2D eigenvalue weighted by molar-refractivity contribution is 7.99. The number of nitrogens with one attached hydrogen (secondary N) is 1. The van der Waals surface area contributed by atoms with Gasteiger partial charge in [-0.25, -0.2) is 4.79 Å². The van der Waals surface area contributed by atoms with Gasteiger partial charge in [0.2, 0.25) is 5.91 Å². The van der Waals surface area contributed by atoms with Crippen molar-refractivity contribution < 1.29 is 19.1 Å². The van der Waals surface area contributed by atoms with E-state index in [9.17, 15) is 9.59 Å². The van der Waals surface area contributed by atoms with Crippen molar-refractivity contribution in [3.63, 3.8) is 0 Å². The molecule has 4 rings (SSSR count). The number of esters is 1. The van der Waals surface area contributed by atoms with Crippen molar-refractivity contribution in [1.82, 2.24) is 14.8 Å². The fraction of sp³-hybridized carbons (Fsp3) is 0.462. The molecule has 0 saturated carbocycles. The number of methoxy groups -OCH3 is 1. The van der Waals surface area contributed by atoms with Crippen LogP contribution in [0.5, 0.6) is 5.75 Å². The van der Waals surface area contributed by atoms with Gasteiger partial charge in [-0.1, -0.05) is 44.2 Å². The zero-order valence-electron chi connectivity index (χ0n) is 21.1. The van der Waals surface area contributed by atoms with E-state index >= 15 is 0 Å². The van der Waals surface area contributed by atoms with Gasteiger partial charge in [-0.3, -0.25) is 4.79 Å². The molecule has 2 aromatic heterocycles. The summed E-state index contributed by atoms with van der Waals surface area (Å²) in [7, 11) is 3.23. The first kappa shape index (κ1) is 26.2. The van der Waals surface area contributed by atoms with Crippen molar-refractivity contribution in [3.05, 3.63) is 51.7 Å². The number of carbonyl (C=O) groups is 2. The van der Waals surface area contributed by atoms with Gasteiger partial charge in [0.05, 0.1) is 18.4 Å². The van der Waals surface area contributed by atoms with Crippen LogP contribution in [0.4, 0.5) is 5.00 Å². The Labute approximate surface area is 219 Å². The highest BCUT2D eigenvalue weighted by Crippen LogP contribution is 2.38. The fourth-order valence-corrected chi connectivity index (χ4v) is 6.16.